The highest BCUT2D eigenvalue weighted by molar-refractivity contribution is 7.09. The van der Waals surface area contributed by atoms with E-state index in [1.165, 1.54) is 18.4 Å². The van der Waals surface area contributed by atoms with Crippen LogP contribution in [-0.4, -0.2) is 18.1 Å². The summed E-state index contributed by atoms with van der Waals surface area (Å²) in [5.74, 6) is 1.02. The van der Waals surface area contributed by atoms with E-state index in [9.17, 15) is 4.79 Å². The Morgan fingerprint density at radius 2 is 1.76 bits per heavy atom. The van der Waals surface area contributed by atoms with Gasteiger partial charge < -0.3 is 14.2 Å². The number of esters is 1. The van der Waals surface area contributed by atoms with Crippen molar-refractivity contribution in [2.24, 2.45) is 0 Å². The fraction of sp³-hybridized carbons (Fsp3) is 0.158. The first kappa shape index (κ1) is 17.0. The first-order valence-electron chi connectivity index (χ1n) is 7.67. The van der Waals surface area contributed by atoms with Crippen LogP contribution in [0.5, 0.6) is 11.5 Å². The van der Waals surface area contributed by atoms with E-state index in [0.29, 0.717) is 24.5 Å². The smallest absolute Gasteiger partial charge is 0.337 e. The number of para-hydroxylation sites is 1. The zero-order chi connectivity index (χ0) is 17.5. The van der Waals surface area contributed by atoms with Crippen molar-refractivity contribution in [3.8, 4) is 11.5 Å². The van der Waals surface area contributed by atoms with Crippen LogP contribution in [0, 0.1) is 0 Å². The third-order valence-corrected chi connectivity index (χ3v) is 4.22. The number of carbonyl (C=O) groups is 1. The number of aromatic nitrogens is 1. The molecule has 0 saturated heterocycles. The van der Waals surface area contributed by atoms with Gasteiger partial charge in [-0.05, 0) is 30.3 Å². The Balaban J connectivity index is 1.54. The molecule has 0 unspecified atom stereocenters. The summed E-state index contributed by atoms with van der Waals surface area (Å²) in [6.45, 7) is 0.749. The second-order valence-electron chi connectivity index (χ2n) is 5.14. The average molecular weight is 355 g/mol. The second-order valence-corrected chi connectivity index (χ2v) is 6.09. The molecule has 0 aliphatic rings. The Bertz CT molecular complexity index is 832. The lowest BCUT2D eigenvalue weighted by Crippen LogP contribution is -2.02. The van der Waals surface area contributed by atoms with Crippen molar-refractivity contribution in [1.29, 1.82) is 0 Å². The minimum atomic E-state index is -0.389. The Morgan fingerprint density at radius 1 is 1.00 bits per heavy atom. The summed E-state index contributed by atoms with van der Waals surface area (Å²) in [6, 6.07) is 16.5. The number of ether oxygens (including phenoxy) is 3. The van der Waals surface area contributed by atoms with Crippen molar-refractivity contribution in [2.45, 2.75) is 13.2 Å². The SMILES string of the molecule is COC(=O)c1cccc(OCc2csc(COc3ccccc3)n2)c1. The maximum atomic E-state index is 11.5. The number of rotatable bonds is 7. The number of hydrogen-bond donors (Lipinski definition) is 0. The third kappa shape index (κ3) is 4.81. The van der Waals surface area contributed by atoms with Crippen molar-refractivity contribution in [1.82, 2.24) is 4.98 Å². The molecule has 0 fully saturated rings. The molecule has 0 saturated carbocycles. The van der Waals surface area contributed by atoms with Gasteiger partial charge in [-0.1, -0.05) is 24.3 Å². The van der Waals surface area contributed by atoms with Gasteiger partial charge in [0, 0.05) is 5.38 Å². The summed E-state index contributed by atoms with van der Waals surface area (Å²) in [6.07, 6.45) is 0. The van der Waals surface area contributed by atoms with Gasteiger partial charge >= 0.3 is 5.97 Å². The molecule has 0 radical (unpaired) electrons. The number of hydrogen-bond acceptors (Lipinski definition) is 6. The summed E-state index contributed by atoms with van der Waals surface area (Å²) < 4.78 is 16.1. The quantitative estimate of drug-likeness (QED) is 0.598. The Hall–Kier alpha value is -2.86. The average Bonchev–Trinajstić information content (AvgIpc) is 3.13. The first-order valence-corrected chi connectivity index (χ1v) is 8.55. The Labute approximate surface area is 149 Å². The Kier molecular flexibility index (Phi) is 5.64. The molecule has 0 spiro atoms. The van der Waals surface area contributed by atoms with Crippen LogP contribution in [0.3, 0.4) is 0 Å². The number of carbonyl (C=O) groups excluding carboxylic acids is 1. The molecule has 25 heavy (non-hydrogen) atoms. The lowest BCUT2D eigenvalue weighted by molar-refractivity contribution is 0.0600. The maximum Gasteiger partial charge on any atom is 0.337 e. The molecule has 5 nitrogen and oxygen atoms in total. The van der Waals surface area contributed by atoms with Gasteiger partial charge in [-0.3, -0.25) is 0 Å². The van der Waals surface area contributed by atoms with Gasteiger partial charge in [0.15, 0.2) is 0 Å². The summed E-state index contributed by atoms with van der Waals surface area (Å²) in [5.41, 5.74) is 1.27. The van der Waals surface area contributed by atoms with Crippen LogP contribution in [0.25, 0.3) is 0 Å². The summed E-state index contributed by atoms with van der Waals surface area (Å²) >= 11 is 1.53. The van der Waals surface area contributed by atoms with Crippen LogP contribution in [0.15, 0.2) is 60.0 Å². The van der Waals surface area contributed by atoms with Crippen molar-refractivity contribution in [3.63, 3.8) is 0 Å². The van der Waals surface area contributed by atoms with Gasteiger partial charge in [0.25, 0.3) is 0 Å². The molecule has 0 amide bonds. The van der Waals surface area contributed by atoms with Gasteiger partial charge in [0.05, 0.1) is 18.4 Å². The molecular weight excluding hydrogens is 338 g/mol. The van der Waals surface area contributed by atoms with Gasteiger partial charge in [-0.2, -0.15) is 0 Å². The van der Waals surface area contributed by atoms with E-state index in [4.69, 9.17) is 14.2 Å². The van der Waals surface area contributed by atoms with E-state index in [0.717, 1.165) is 16.5 Å². The van der Waals surface area contributed by atoms with Crippen LogP contribution >= 0.6 is 11.3 Å². The highest BCUT2D eigenvalue weighted by Gasteiger charge is 2.08. The minimum Gasteiger partial charge on any atom is -0.487 e. The van der Waals surface area contributed by atoms with Gasteiger partial charge in [0.2, 0.25) is 0 Å². The fourth-order valence-electron chi connectivity index (χ4n) is 2.13. The van der Waals surface area contributed by atoms with Crippen LogP contribution < -0.4 is 9.47 Å². The number of nitrogens with zero attached hydrogens (tertiary/aromatic N) is 1. The van der Waals surface area contributed by atoms with Crippen molar-refractivity contribution < 1.29 is 19.0 Å². The third-order valence-electron chi connectivity index (χ3n) is 3.35. The lowest BCUT2D eigenvalue weighted by atomic mass is 10.2. The van der Waals surface area contributed by atoms with E-state index in [2.05, 4.69) is 4.98 Å². The van der Waals surface area contributed by atoms with Gasteiger partial charge in [-0.15, -0.1) is 11.3 Å². The van der Waals surface area contributed by atoms with E-state index in [1.807, 2.05) is 35.7 Å². The zero-order valence-corrected chi connectivity index (χ0v) is 14.5. The number of benzene rings is 2. The predicted octanol–water partition coefficient (Wildman–Crippen LogP) is 4.09. The van der Waals surface area contributed by atoms with Crippen molar-refractivity contribution in [2.75, 3.05) is 7.11 Å². The number of thiazole rings is 1. The molecule has 1 aromatic heterocycles. The molecular formula is C19H17NO4S. The number of methoxy groups -OCH3 is 1. The molecule has 2 aromatic carbocycles. The highest BCUT2D eigenvalue weighted by atomic mass is 32.1. The summed E-state index contributed by atoms with van der Waals surface area (Å²) in [7, 11) is 1.35. The highest BCUT2D eigenvalue weighted by Crippen LogP contribution is 2.18. The van der Waals surface area contributed by atoms with Gasteiger partial charge in [0.1, 0.15) is 29.7 Å². The van der Waals surface area contributed by atoms with E-state index in [1.54, 1.807) is 24.3 Å². The molecule has 1 heterocycles. The predicted molar refractivity (Wildman–Crippen MR) is 95.0 cm³/mol. The molecule has 0 atom stereocenters. The Morgan fingerprint density at radius 3 is 2.56 bits per heavy atom. The van der Waals surface area contributed by atoms with Crippen LogP contribution in [0.2, 0.25) is 0 Å². The second kappa shape index (κ2) is 8.30. The van der Waals surface area contributed by atoms with Crippen LogP contribution in [0.4, 0.5) is 0 Å². The van der Waals surface area contributed by atoms with E-state index < -0.39 is 0 Å². The molecule has 0 bridgehead atoms. The largest absolute Gasteiger partial charge is 0.487 e. The van der Waals surface area contributed by atoms with Crippen LogP contribution in [0.1, 0.15) is 21.1 Å². The van der Waals surface area contributed by atoms with Crippen LogP contribution in [-0.2, 0) is 18.0 Å². The molecule has 3 rings (SSSR count). The molecule has 0 N–H and O–H groups in total. The normalized spacial score (nSPS) is 10.3. The fourth-order valence-corrected chi connectivity index (χ4v) is 2.82. The molecule has 128 valence electrons. The zero-order valence-electron chi connectivity index (χ0n) is 13.7. The topological polar surface area (TPSA) is 57.7 Å². The summed E-state index contributed by atoms with van der Waals surface area (Å²) in [5, 5.41) is 2.82. The minimum absolute atomic E-state index is 0.326. The van der Waals surface area contributed by atoms with E-state index >= 15 is 0 Å². The molecule has 3 aromatic rings. The van der Waals surface area contributed by atoms with Crippen molar-refractivity contribution in [3.05, 3.63) is 76.2 Å². The van der Waals surface area contributed by atoms with Crippen molar-refractivity contribution >= 4 is 17.3 Å². The molecule has 6 heteroatoms. The first-order chi connectivity index (χ1) is 12.2. The van der Waals surface area contributed by atoms with E-state index in [-0.39, 0.29) is 5.97 Å². The van der Waals surface area contributed by atoms with Gasteiger partial charge in [-0.25, -0.2) is 9.78 Å². The maximum absolute atomic E-state index is 11.5. The molecule has 0 aliphatic heterocycles. The molecule has 0 aliphatic carbocycles. The standard InChI is InChI=1S/C19H17NO4S/c1-22-19(21)14-6-5-9-17(10-14)23-11-15-13-25-18(20-15)12-24-16-7-3-2-4-8-16/h2-10,13H,11-12H2,1H3. The lowest BCUT2D eigenvalue weighted by Gasteiger charge is -2.06. The summed E-state index contributed by atoms with van der Waals surface area (Å²) in [4.78, 5) is 16.0. The monoisotopic (exact) mass is 355 g/mol.